The molecule has 1 atom stereocenters. The normalized spacial score (nSPS) is 16.6. The zero-order chi connectivity index (χ0) is 12.3. The fourth-order valence-electron chi connectivity index (χ4n) is 0.690. The van der Waals surface area contributed by atoms with Crippen molar-refractivity contribution in [2.24, 2.45) is 0 Å². The van der Waals surface area contributed by atoms with Crippen LogP contribution in [0.4, 0.5) is 26.3 Å². The number of hydrogen-bond acceptors (Lipinski definition) is 1. The summed E-state index contributed by atoms with van der Waals surface area (Å²) in [5.41, 5.74) is 0. The lowest BCUT2D eigenvalue weighted by Crippen LogP contribution is -2.09. The maximum absolute atomic E-state index is 11.7. The number of alkyl halides is 6. The van der Waals surface area contributed by atoms with Gasteiger partial charge >= 0.3 is 12.4 Å². The van der Waals surface area contributed by atoms with E-state index >= 15 is 0 Å². The Morgan fingerprint density at radius 1 is 1.13 bits per heavy atom. The van der Waals surface area contributed by atoms with Gasteiger partial charge in [0.25, 0.3) is 0 Å². The minimum absolute atomic E-state index is 0.106. The molecule has 0 spiro atoms. The standard InChI is InChI=1S/C6H7F6O2P/c7-5(8,9)2-1-4(15(13)14)3-6(10,11)12/h1,15H,2-3H2,(H,13,14). The van der Waals surface area contributed by atoms with Gasteiger partial charge in [0, 0.05) is 5.31 Å². The zero-order valence-corrected chi connectivity index (χ0v) is 8.11. The van der Waals surface area contributed by atoms with Gasteiger partial charge in [0.15, 0.2) is 0 Å². The molecule has 0 fully saturated rings. The summed E-state index contributed by atoms with van der Waals surface area (Å²) in [7, 11) is -3.74. The minimum Gasteiger partial charge on any atom is -0.343 e. The maximum Gasteiger partial charge on any atom is 0.393 e. The number of rotatable bonds is 3. The van der Waals surface area contributed by atoms with E-state index in [4.69, 9.17) is 4.89 Å². The average molecular weight is 256 g/mol. The van der Waals surface area contributed by atoms with Crippen LogP contribution in [0.15, 0.2) is 11.4 Å². The second-order valence-electron chi connectivity index (χ2n) is 2.65. The molecule has 2 nitrogen and oxygen atoms in total. The van der Waals surface area contributed by atoms with E-state index in [2.05, 4.69) is 0 Å². The van der Waals surface area contributed by atoms with Crippen LogP contribution in [0.25, 0.3) is 0 Å². The summed E-state index contributed by atoms with van der Waals surface area (Å²) in [6.07, 6.45) is -12.8. The summed E-state index contributed by atoms with van der Waals surface area (Å²) in [6, 6.07) is 0. The number of halogens is 6. The SMILES string of the molecule is O=[PH](O)C(=CCC(F)(F)F)CC(F)(F)F. The Balaban J connectivity index is 4.62. The van der Waals surface area contributed by atoms with E-state index in [-0.39, 0.29) is 6.08 Å². The van der Waals surface area contributed by atoms with Crippen molar-refractivity contribution in [3.63, 3.8) is 0 Å². The molecule has 0 aromatic carbocycles. The van der Waals surface area contributed by atoms with Crippen LogP contribution in [-0.4, -0.2) is 17.2 Å². The monoisotopic (exact) mass is 256 g/mol. The van der Waals surface area contributed by atoms with Gasteiger partial charge in [0.2, 0.25) is 8.03 Å². The summed E-state index contributed by atoms with van der Waals surface area (Å²) in [5.74, 6) is 0. The summed E-state index contributed by atoms with van der Waals surface area (Å²) in [4.78, 5) is 8.38. The second kappa shape index (κ2) is 5.03. The molecule has 15 heavy (non-hydrogen) atoms. The van der Waals surface area contributed by atoms with Crippen molar-refractivity contribution in [1.29, 1.82) is 0 Å². The maximum atomic E-state index is 11.7. The third-order valence-electron chi connectivity index (χ3n) is 1.25. The van der Waals surface area contributed by atoms with Crippen molar-refractivity contribution in [3.8, 4) is 0 Å². The van der Waals surface area contributed by atoms with Crippen LogP contribution in [0.2, 0.25) is 0 Å². The molecule has 90 valence electrons. The van der Waals surface area contributed by atoms with E-state index in [1.54, 1.807) is 0 Å². The third kappa shape index (κ3) is 8.50. The summed E-state index contributed by atoms with van der Waals surface area (Å²) in [6.45, 7) is 0. The van der Waals surface area contributed by atoms with Gasteiger partial charge in [0.05, 0.1) is 12.8 Å². The molecule has 1 N–H and O–H groups in total. The molecular weight excluding hydrogens is 249 g/mol. The highest BCUT2D eigenvalue weighted by Gasteiger charge is 2.32. The third-order valence-corrected chi connectivity index (χ3v) is 2.18. The highest BCUT2D eigenvalue weighted by molar-refractivity contribution is 7.43. The predicted octanol–water partition coefficient (Wildman–Crippen LogP) is 3.24. The van der Waals surface area contributed by atoms with Crippen molar-refractivity contribution in [2.45, 2.75) is 25.2 Å². The quantitative estimate of drug-likeness (QED) is 0.621. The van der Waals surface area contributed by atoms with Crippen molar-refractivity contribution in [1.82, 2.24) is 0 Å². The lowest BCUT2D eigenvalue weighted by molar-refractivity contribution is -0.129. The van der Waals surface area contributed by atoms with Crippen molar-refractivity contribution < 1.29 is 35.8 Å². The second-order valence-corrected chi connectivity index (χ2v) is 3.90. The molecule has 1 unspecified atom stereocenters. The van der Waals surface area contributed by atoms with Crippen LogP contribution < -0.4 is 0 Å². The van der Waals surface area contributed by atoms with E-state index in [9.17, 15) is 30.9 Å². The van der Waals surface area contributed by atoms with E-state index in [0.717, 1.165) is 0 Å². The fourth-order valence-corrected chi connectivity index (χ4v) is 1.32. The van der Waals surface area contributed by atoms with Gasteiger partial charge in [-0.2, -0.15) is 26.3 Å². The fraction of sp³-hybridized carbons (Fsp3) is 0.667. The molecule has 0 saturated heterocycles. The highest BCUT2D eigenvalue weighted by Crippen LogP contribution is 2.38. The Morgan fingerprint density at radius 3 is 1.87 bits per heavy atom. The Morgan fingerprint density at radius 2 is 1.60 bits per heavy atom. The number of allylic oxidation sites excluding steroid dienone is 2. The molecule has 0 amide bonds. The van der Waals surface area contributed by atoms with E-state index in [0.29, 0.717) is 0 Å². The molecule has 9 heteroatoms. The number of hydrogen-bond donors (Lipinski definition) is 1. The highest BCUT2D eigenvalue weighted by atomic mass is 31.1. The first-order valence-corrected chi connectivity index (χ1v) is 4.92. The van der Waals surface area contributed by atoms with Crippen molar-refractivity contribution in [2.75, 3.05) is 0 Å². The van der Waals surface area contributed by atoms with Gasteiger partial charge in [-0.25, -0.2) is 0 Å². The van der Waals surface area contributed by atoms with Gasteiger partial charge < -0.3 is 4.89 Å². The average Bonchev–Trinajstić information content (AvgIpc) is 1.93. The van der Waals surface area contributed by atoms with Crippen molar-refractivity contribution in [3.05, 3.63) is 11.4 Å². The summed E-state index contributed by atoms with van der Waals surface area (Å²) >= 11 is 0. The van der Waals surface area contributed by atoms with Crippen LogP contribution in [0.3, 0.4) is 0 Å². The van der Waals surface area contributed by atoms with Crippen LogP contribution in [0.5, 0.6) is 0 Å². The first-order chi connectivity index (χ1) is 6.51. The lowest BCUT2D eigenvalue weighted by atomic mass is 10.3. The van der Waals surface area contributed by atoms with Gasteiger partial charge in [-0.3, -0.25) is 4.57 Å². The van der Waals surface area contributed by atoms with Gasteiger partial charge in [-0.05, 0) is 0 Å². The topological polar surface area (TPSA) is 37.3 Å². The summed E-state index contributed by atoms with van der Waals surface area (Å²) in [5, 5.41) is -1.12. The van der Waals surface area contributed by atoms with Gasteiger partial charge in [-0.15, -0.1) is 0 Å². The smallest absolute Gasteiger partial charge is 0.343 e. The molecule has 0 aromatic rings. The molecule has 0 aromatic heterocycles. The Kier molecular flexibility index (Phi) is 4.86. The minimum atomic E-state index is -4.79. The lowest BCUT2D eigenvalue weighted by Gasteiger charge is -2.08. The van der Waals surface area contributed by atoms with Crippen molar-refractivity contribution >= 4 is 8.03 Å². The molecule has 0 rings (SSSR count). The molecule has 0 aliphatic rings. The van der Waals surface area contributed by atoms with Crippen LogP contribution in [-0.2, 0) is 4.57 Å². The van der Waals surface area contributed by atoms with Crippen LogP contribution in [0, 0.1) is 0 Å². The van der Waals surface area contributed by atoms with Crippen LogP contribution >= 0.6 is 8.03 Å². The van der Waals surface area contributed by atoms with E-state index < -0.39 is 38.5 Å². The van der Waals surface area contributed by atoms with Gasteiger partial charge in [-0.1, -0.05) is 6.08 Å². The van der Waals surface area contributed by atoms with E-state index in [1.807, 2.05) is 0 Å². The predicted molar refractivity (Wildman–Crippen MR) is 40.6 cm³/mol. The Labute approximate surface area is 81.5 Å². The van der Waals surface area contributed by atoms with Gasteiger partial charge in [0.1, 0.15) is 0 Å². The molecule has 0 radical (unpaired) electrons. The largest absolute Gasteiger partial charge is 0.393 e. The Hall–Kier alpha value is -0.490. The van der Waals surface area contributed by atoms with E-state index in [1.165, 1.54) is 0 Å². The first kappa shape index (κ1) is 14.5. The Bertz CT molecular complexity index is 266. The first-order valence-electron chi connectivity index (χ1n) is 3.57. The molecule has 0 saturated carbocycles. The molecule has 0 aliphatic heterocycles. The summed E-state index contributed by atoms with van der Waals surface area (Å²) < 4.78 is 80.4. The van der Waals surface area contributed by atoms with Crippen LogP contribution in [0.1, 0.15) is 12.8 Å². The molecular formula is C6H7F6O2P. The molecule has 0 bridgehead atoms. The molecule has 0 heterocycles. The zero-order valence-electron chi connectivity index (χ0n) is 7.11. The molecule has 0 aliphatic carbocycles.